The fourth-order valence-electron chi connectivity index (χ4n) is 12.3. The SMILES string of the molecule is CC1(C)c2ccccc2-c2ccc(N(c3ccc(-c4ccc5ccc6cc7c(c8ccc4c5c68)c4ccccc4n7-c4ccccc4)cc3)c3ccc4c(c3)C(C)(C)c3ccccc3-4)cc21. The highest BCUT2D eigenvalue weighted by molar-refractivity contribution is 6.34. The van der Waals surface area contributed by atoms with Crippen molar-refractivity contribution in [3.63, 3.8) is 0 Å². The predicted octanol–water partition coefficient (Wildman–Crippen LogP) is 17.4. The molecule has 0 saturated carbocycles. The number of fused-ring (bicyclic) bond motifs is 10. The number of aromatic nitrogens is 1. The van der Waals surface area contributed by atoms with Crippen molar-refractivity contribution >= 4 is 71.2 Å². The fraction of sp³-hybridized carbons (Fsp3) is 0.0938. The van der Waals surface area contributed by atoms with Crippen LogP contribution in [0.1, 0.15) is 49.9 Å². The van der Waals surface area contributed by atoms with Gasteiger partial charge in [-0.05, 0) is 149 Å². The van der Waals surface area contributed by atoms with Gasteiger partial charge in [-0.25, -0.2) is 0 Å². The van der Waals surface area contributed by atoms with Crippen molar-refractivity contribution in [2.75, 3.05) is 4.90 Å². The molecule has 11 aromatic carbocycles. The maximum absolute atomic E-state index is 2.48. The molecule has 0 atom stereocenters. The highest BCUT2D eigenvalue weighted by atomic mass is 15.1. The third-order valence-electron chi connectivity index (χ3n) is 15.5. The van der Waals surface area contributed by atoms with E-state index in [0.29, 0.717) is 0 Å². The lowest BCUT2D eigenvalue weighted by Gasteiger charge is -2.30. The maximum Gasteiger partial charge on any atom is 0.0553 e. The zero-order valence-electron chi connectivity index (χ0n) is 37.5. The number of hydrogen-bond acceptors (Lipinski definition) is 1. The summed E-state index contributed by atoms with van der Waals surface area (Å²) < 4.78 is 2.43. The Hall–Kier alpha value is -7.94. The van der Waals surface area contributed by atoms with Crippen LogP contribution >= 0.6 is 0 Å². The van der Waals surface area contributed by atoms with Crippen molar-refractivity contribution in [2.24, 2.45) is 0 Å². The van der Waals surface area contributed by atoms with Gasteiger partial charge in [0, 0.05) is 44.4 Å². The number of nitrogens with zero attached hydrogens (tertiary/aromatic N) is 2. The minimum absolute atomic E-state index is 0.112. The number of hydrogen-bond donors (Lipinski definition) is 0. The second-order valence-corrected chi connectivity index (χ2v) is 19.7. The molecule has 0 spiro atoms. The van der Waals surface area contributed by atoms with Gasteiger partial charge in [0.05, 0.1) is 11.0 Å². The van der Waals surface area contributed by atoms with E-state index in [1.54, 1.807) is 0 Å². The van der Waals surface area contributed by atoms with E-state index in [4.69, 9.17) is 0 Å². The van der Waals surface area contributed by atoms with Crippen molar-refractivity contribution in [1.82, 2.24) is 4.57 Å². The molecule has 0 saturated heterocycles. The molecule has 312 valence electrons. The van der Waals surface area contributed by atoms with Crippen molar-refractivity contribution in [3.8, 4) is 39.1 Å². The highest BCUT2D eigenvalue weighted by Crippen LogP contribution is 2.53. The molecule has 0 bridgehead atoms. The van der Waals surface area contributed by atoms with Crippen LogP contribution in [-0.4, -0.2) is 4.57 Å². The number of benzene rings is 11. The summed E-state index contributed by atoms with van der Waals surface area (Å²) in [6.07, 6.45) is 0. The summed E-state index contributed by atoms with van der Waals surface area (Å²) in [5.74, 6) is 0. The zero-order valence-corrected chi connectivity index (χ0v) is 37.5. The van der Waals surface area contributed by atoms with Gasteiger partial charge in [0.1, 0.15) is 0 Å². The lowest BCUT2D eigenvalue weighted by molar-refractivity contribution is 0.660. The third kappa shape index (κ3) is 5.02. The van der Waals surface area contributed by atoms with Crippen molar-refractivity contribution in [1.29, 1.82) is 0 Å². The standard InChI is InChI=1S/C64H46N2/c1-63(2)54-19-11-8-16-47(54)49-32-29-44(37-56(49)63)65(45-30-33-50-48-17-9-12-20-55(48)64(3,4)57(50)38-45)43-27-24-39(25-28-43)46-31-26-40-22-23-41-36-59-62(53-35-34-51(46)60(40)61(41)53)52-18-10-13-21-58(52)66(59)42-14-6-5-7-15-42/h5-38H,1-4H3. The van der Waals surface area contributed by atoms with E-state index in [9.17, 15) is 0 Å². The molecule has 0 N–H and O–H groups in total. The Balaban J connectivity index is 0.930. The lowest BCUT2D eigenvalue weighted by atomic mass is 9.82. The molecule has 2 aliphatic rings. The molecule has 2 nitrogen and oxygen atoms in total. The Morgan fingerprint density at radius 2 is 0.848 bits per heavy atom. The summed E-state index contributed by atoms with van der Waals surface area (Å²) in [6.45, 7) is 9.49. The molecule has 0 radical (unpaired) electrons. The molecule has 66 heavy (non-hydrogen) atoms. The van der Waals surface area contributed by atoms with Gasteiger partial charge in [0.25, 0.3) is 0 Å². The van der Waals surface area contributed by atoms with E-state index >= 15 is 0 Å². The van der Waals surface area contributed by atoms with Crippen molar-refractivity contribution in [2.45, 2.75) is 38.5 Å². The quantitative estimate of drug-likeness (QED) is 0.157. The van der Waals surface area contributed by atoms with E-state index in [1.165, 1.54) is 127 Å². The van der Waals surface area contributed by atoms with E-state index in [1.807, 2.05) is 0 Å². The summed E-state index contributed by atoms with van der Waals surface area (Å²) in [6, 6.07) is 77.5. The van der Waals surface area contributed by atoms with Crippen LogP contribution in [-0.2, 0) is 10.8 Å². The fourth-order valence-corrected chi connectivity index (χ4v) is 12.3. The molecule has 14 rings (SSSR count). The monoisotopic (exact) mass is 842 g/mol. The van der Waals surface area contributed by atoms with Gasteiger partial charge in [-0.15, -0.1) is 0 Å². The number of para-hydroxylation sites is 2. The molecule has 0 fully saturated rings. The molecule has 1 heterocycles. The Kier molecular flexibility index (Phi) is 7.55. The summed E-state index contributed by atoms with van der Waals surface area (Å²) in [5, 5.41) is 10.4. The van der Waals surface area contributed by atoms with Gasteiger partial charge in [-0.1, -0.05) is 173 Å². The van der Waals surface area contributed by atoms with E-state index in [0.717, 1.165) is 5.69 Å². The molecular weight excluding hydrogens is 797 g/mol. The van der Waals surface area contributed by atoms with Crippen LogP contribution in [0.3, 0.4) is 0 Å². The van der Waals surface area contributed by atoms with Crippen LogP contribution in [0.2, 0.25) is 0 Å². The Labute approximate surface area is 385 Å². The summed E-state index contributed by atoms with van der Waals surface area (Å²) in [4.78, 5) is 2.48. The summed E-state index contributed by atoms with van der Waals surface area (Å²) in [7, 11) is 0. The predicted molar refractivity (Wildman–Crippen MR) is 280 cm³/mol. The van der Waals surface area contributed by atoms with Crippen molar-refractivity contribution in [3.05, 3.63) is 229 Å². The van der Waals surface area contributed by atoms with Crippen LogP contribution in [0.5, 0.6) is 0 Å². The van der Waals surface area contributed by atoms with Crippen LogP contribution in [0, 0.1) is 0 Å². The average Bonchev–Trinajstić information content (AvgIpc) is 3.90. The van der Waals surface area contributed by atoms with Gasteiger partial charge in [-0.3, -0.25) is 0 Å². The Bertz CT molecular complexity index is 3870. The van der Waals surface area contributed by atoms with Gasteiger partial charge >= 0.3 is 0 Å². The molecule has 2 heteroatoms. The Morgan fingerprint density at radius 3 is 1.53 bits per heavy atom. The highest BCUT2D eigenvalue weighted by Gasteiger charge is 2.38. The second-order valence-electron chi connectivity index (χ2n) is 19.7. The van der Waals surface area contributed by atoms with Gasteiger partial charge < -0.3 is 9.47 Å². The number of anilines is 3. The van der Waals surface area contributed by atoms with E-state index in [2.05, 4.69) is 243 Å². The molecule has 1 aromatic heterocycles. The van der Waals surface area contributed by atoms with E-state index in [-0.39, 0.29) is 10.8 Å². The second kappa shape index (κ2) is 13.3. The Morgan fingerprint density at radius 1 is 0.333 bits per heavy atom. The first-order chi connectivity index (χ1) is 32.3. The largest absolute Gasteiger partial charge is 0.310 e. The maximum atomic E-state index is 2.48. The molecule has 0 aliphatic heterocycles. The van der Waals surface area contributed by atoms with Crippen LogP contribution < -0.4 is 4.90 Å². The minimum atomic E-state index is -0.112. The lowest BCUT2D eigenvalue weighted by Crippen LogP contribution is -2.18. The van der Waals surface area contributed by atoms with Gasteiger partial charge in [-0.2, -0.15) is 0 Å². The smallest absolute Gasteiger partial charge is 0.0553 e. The first kappa shape index (κ1) is 37.4. The molecule has 0 amide bonds. The average molecular weight is 843 g/mol. The summed E-state index contributed by atoms with van der Waals surface area (Å²) in [5.41, 5.74) is 20.2. The topological polar surface area (TPSA) is 8.17 Å². The van der Waals surface area contributed by atoms with Crippen molar-refractivity contribution < 1.29 is 0 Å². The number of rotatable bonds is 5. The minimum Gasteiger partial charge on any atom is -0.310 e. The van der Waals surface area contributed by atoms with Crippen LogP contribution in [0.25, 0.3) is 93.2 Å². The van der Waals surface area contributed by atoms with Crippen LogP contribution in [0.4, 0.5) is 17.1 Å². The molecule has 0 unspecified atom stereocenters. The first-order valence-corrected chi connectivity index (χ1v) is 23.3. The van der Waals surface area contributed by atoms with Crippen LogP contribution in [0.15, 0.2) is 206 Å². The molecule has 12 aromatic rings. The first-order valence-electron chi connectivity index (χ1n) is 23.3. The molecular formula is C64H46N2. The molecule has 2 aliphatic carbocycles. The normalized spacial score (nSPS) is 14.3. The summed E-state index contributed by atoms with van der Waals surface area (Å²) >= 11 is 0. The third-order valence-corrected chi connectivity index (χ3v) is 15.5. The van der Waals surface area contributed by atoms with Gasteiger partial charge in [0.15, 0.2) is 0 Å². The van der Waals surface area contributed by atoms with E-state index < -0.39 is 0 Å². The van der Waals surface area contributed by atoms with Gasteiger partial charge in [0.2, 0.25) is 0 Å². The zero-order chi connectivity index (χ0) is 44.1.